The van der Waals surface area contributed by atoms with Crippen molar-refractivity contribution in [3.63, 3.8) is 0 Å². The lowest BCUT2D eigenvalue weighted by Crippen LogP contribution is -2.55. The van der Waals surface area contributed by atoms with Gasteiger partial charge in [0, 0.05) is 81.0 Å². The molecule has 4 heterocycles. The van der Waals surface area contributed by atoms with Crippen molar-refractivity contribution in [3.8, 4) is 0 Å². The maximum absolute atomic E-state index is 15.1. The van der Waals surface area contributed by atoms with Crippen molar-refractivity contribution in [2.45, 2.75) is 122 Å². The topological polar surface area (TPSA) is 76.6 Å². The van der Waals surface area contributed by atoms with E-state index in [1.165, 1.54) is 0 Å². The molecule has 4 saturated heterocycles. The fourth-order valence-electron chi connectivity index (χ4n) is 9.27. The molecule has 1 aliphatic carbocycles. The Labute approximate surface area is 306 Å². The minimum atomic E-state index is -0.532. The van der Waals surface area contributed by atoms with E-state index in [1.807, 2.05) is 21.9 Å². The van der Waals surface area contributed by atoms with Crippen LogP contribution in [-0.2, 0) is 19.1 Å². The fraction of sp³-hybridized carbons (Fsp3) is 0.775. The van der Waals surface area contributed by atoms with Crippen LogP contribution in [0.25, 0.3) is 0 Å². The molecule has 2 amide bonds. The standard InChI is InChI=1S/C40H62ClN5O4/c1-7-42-18-20-43(21-19-42)38(49)34-23-31(45(27-35(47)36-9-8-22-50-36)30-14-16-40(5,6)17-15-30)24-46(34)37(48)33-26-44(39(2,3)4)25-32(33)28-10-12-29(41)13-11-28/h10-13,30-34,36H,7-9,14-27H2,1-6H3/t31-,32-,33+,34-,36-/m0/s1. The summed E-state index contributed by atoms with van der Waals surface area (Å²) in [4.78, 5) is 54.6. The molecule has 5 atom stereocenters. The number of carbonyl (C=O) groups excluding carboxylic acids is 3. The second-order valence-electron chi connectivity index (χ2n) is 17.5. The third kappa shape index (κ3) is 8.43. The van der Waals surface area contributed by atoms with Crippen molar-refractivity contribution >= 4 is 29.2 Å². The van der Waals surface area contributed by atoms with Crippen LogP contribution in [-0.4, -0.2) is 137 Å². The summed E-state index contributed by atoms with van der Waals surface area (Å²) in [6.07, 6.45) is 6.19. The fourth-order valence-corrected chi connectivity index (χ4v) is 9.40. The lowest BCUT2D eigenvalue weighted by molar-refractivity contribution is -0.147. The summed E-state index contributed by atoms with van der Waals surface area (Å²) in [6.45, 7) is 20.4. The Balaban J connectivity index is 1.31. The SMILES string of the molecule is CCN1CCN(C(=O)[C@@H]2C[C@H](N(CC(=O)[C@@H]3CCCO3)C3CCC(C)(C)CC3)CN2C(=O)[C@@H]2CN(C(C)(C)C)C[C@H]2c2ccc(Cl)cc2)CC1. The summed E-state index contributed by atoms with van der Waals surface area (Å²) < 4.78 is 5.86. The first kappa shape index (κ1) is 37.7. The molecule has 0 spiro atoms. The van der Waals surface area contributed by atoms with E-state index in [0.29, 0.717) is 50.8 Å². The smallest absolute Gasteiger partial charge is 0.245 e. The number of ketones is 1. The Morgan fingerprint density at radius 3 is 2.20 bits per heavy atom. The molecule has 5 fully saturated rings. The highest BCUT2D eigenvalue weighted by Crippen LogP contribution is 2.42. The maximum atomic E-state index is 15.1. The summed E-state index contributed by atoms with van der Waals surface area (Å²) >= 11 is 6.30. The molecular formula is C40H62ClN5O4. The first-order valence-corrected chi connectivity index (χ1v) is 19.8. The van der Waals surface area contributed by atoms with Crippen molar-refractivity contribution in [2.75, 3.05) is 65.5 Å². The number of ether oxygens (including phenoxy) is 1. The number of likely N-dealkylation sites (tertiary alicyclic amines) is 2. The number of carbonyl (C=O) groups is 3. The van der Waals surface area contributed by atoms with Crippen LogP contribution >= 0.6 is 11.6 Å². The van der Waals surface area contributed by atoms with E-state index in [2.05, 4.69) is 68.4 Å². The number of amides is 2. The average Bonchev–Trinajstić information content (AvgIpc) is 3.88. The molecule has 9 nitrogen and oxygen atoms in total. The van der Waals surface area contributed by atoms with E-state index in [0.717, 1.165) is 70.3 Å². The van der Waals surface area contributed by atoms with Crippen LogP contribution in [0.4, 0.5) is 0 Å². The van der Waals surface area contributed by atoms with Gasteiger partial charge in [0.15, 0.2) is 5.78 Å². The van der Waals surface area contributed by atoms with E-state index in [-0.39, 0.29) is 58.6 Å². The first-order valence-electron chi connectivity index (χ1n) is 19.5. The molecule has 1 aromatic rings. The van der Waals surface area contributed by atoms with Gasteiger partial charge in [0.05, 0.1) is 12.5 Å². The zero-order valence-corrected chi connectivity index (χ0v) is 32.3. The second-order valence-corrected chi connectivity index (χ2v) is 18.0. The maximum Gasteiger partial charge on any atom is 0.245 e. The van der Waals surface area contributed by atoms with E-state index in [1.54, 1.807) is 0 Å². The van der Waals surface area contributed by atoms with Crippen molar-refractivity contribution in [1.29, 1.82) is 0 Å². The first-order chi connectivity index (χ1) is 23.7. The van der Waals surface area contributed by atoms with Crippen LogP contribution in [0.2, 0.25) is 5.02 Å². The van der Waals surface area contributed by atoms with Crippen LogP contribution in [0, 0.1) is 11.3 Å². The molecule has 0 unspecified atom stereocenters. The van der Waals surface area contributed by atoms with Crippen molar-refractivity contribution in [2.24, 2.45) is 11.3 Å². The van der Waals surface area contributed by atoms with Crippen LogP contribution in [0.5, 0.6) is 0 Å². The lowest BCUT2D eigenvalue weighted by atomic mass is 9.75. The van der Waals surface area contributed by atoms with Gasteiger partial charge in [0.25, 0.3) is 0 Å². The highest BCUT2D eigenvalue weighted by Gasteiger charge is 2.51. The third-order valence-electron chi connectivity index (χ3n) is 12.7. The van der Waals surface area contributed by atoms with Crippen LogP contribution in [0.3, 0.4) is 0 Å². The summed E-state index contributed by atoms with van der Waals surface area (Å²) in [5.74, 6) is 0.00835. The normalized spacial score (nSPS) is 30.0. The molecule has 4 aliphatic heterocycles. The van der Waals surface area contributed by atoms with E-state index >= 15 is 4.79 Å². The minimum absolute atomic E-state index is 0.000310. The highest BCUT2D eigenvalue weighted by molar-refractivity contribution is 6.30. The molecule has 0 radical (unpaired) electrons. The molecule has 1 saturated carbocycles. The van der Waals surface area contributed by atoms with Crippen LogP contribution < -0.4 is 0 Å². The molecule has 278 valence electrons. The number of hydrogen-bond donors (Lipinski definition) is 0. The van der Waals surface area contributed by atoms with E-state index < -0.39 is 6.04 Å². The number of benzene rings is 1. The molecule has 5 aliphatic rings. The summed E-state index contributed by atoms with van der Waals surface area (Å²) in [5, 5.41) is 0.683. The average molecular weight is 712 g/mol. The van der Waals surface area contributed by atoms with Gasteiger partial charge in [-0.3, -0.25) is 24.2 Å². The summed E-state index contributed by atoms with van der Waals surface area (Å²) in [5.41, 5.74) is 1.30. The van der Waals surface area contributed by atoms with Crippen LogP contribution in [0.1, 0.15) is 98.0 Å². The Hall–Kier alpha value is -2.04. The number of halogens is 1. The van der Waals surface area contributed by atoms with E-state index in [9.17, 15) is 9.59 Å². The highest BCUT2D eigenvalue weighted by atomic mass is 35.5. The van der Waals surface area contributed by atoms with Gasteiger partial charge in [-0.15, -0.1) is 0 Å². The molecule has 0 aromatic heterocycles. The van der Waals surface area contributed by atoms with Gasteiger partial charge in [0.2, 0.25) is 11.8 Å². The quantitative estimate of drug-likeness (QED) is 0.344. The Kier molecular flexibility index (Phi) is 11.7. The number of nitrogens with zero attached hydrogens (tertiary/aromatic N) is 5. The van der Waals surface area contributed by atoms with Gasteiger partial charge in [-0.2, -0.15) is 0 Å². The molecule has 10 heteroatoms. The van der Waals surface area contributed by atoms with Crippen LogP contribution in [0.15, 0.2) is 24.3 Å². The second kappa shape index (κ2) is 15.5. The number of piperazine rings is 1. The monoisotopic (exact) mass is 711 g/mol. The number of hydrogen-bond acceptors (Lipinski definition) is 7. The molecular weight excluding hydrogens is 650 g/mol. The summed E-state index contributed by atoms with van der Waals surface area (Å²) in [6, 6.07) is 7.62. The predicted molar refractivity (Wildman–Crippen MR) is 198 cm³/mol. The summed E-state index contributed by atoms with van der Waals surface area (Å²) in [7, 11) is 0. The van der Waals surface area contributed by atoms with Crippen molar-refractivity contribution in [3.05, 3.63) is 34.9 Å². The van der Waals surface area contributed by atoms with Crippen molar-refractivity contribution < 1.29 is 19.1 Å². The largest absolute Gasteiger partial charge is 0.370 e. The molecule has 0 bridgehead atoms. The molecule has 1 aromatic carbocycles. The Morgan fingerprint density at radius 2 is 1.60 bits per heavy atom. The Morgan fingerprint density at radius 1 is 0.920 bits per heavy atom. The van der Waals surface area contributed by atoms with Crippen molar-refractivity contribution in [1.82, 2.24) is 24.5 Å². The van der Waals surface area contributed by atoms with Gasteiger partial charge in [-0.25, -0.2) is 0 Å². The third-order valence-corrected chi connectivity index (χ3v) is 13.0. The molecule has 50 heavy (non-hydrogen) atoms. The zero-order chi connectivity index (χ0) is 35.8. The number of likely N-dealkylation sites (N-methyl/N-ethyl adjacent to an activating group) is 1. The van der Waals surface area contributed by atoms with Gasteiger partial charge in [0.1, 0.15) is 12.1 Å². The van der Waals surface area contributed by atoms with Gasteiger partial charge in [-0.1, -0.05) is 44.5 Å². The van der Waals surface area contributed by atoms with Gasteiger partial charge < -0.3 is 19.4 Å². The number of Topliss-reactive ketones (excluding diaryl/α,β-unsaturated/α-hetero) is 1. The Bertz CT molecular complexity index is 1340. The molecule has 0 N–H and O–H groups in total. The minimum Gasteiger partial charge on any atom is -0.370 e. The van der Waals surface area contributed by atoms with Gasteiger partial charge in [-0.05, 0) is 95.4 Å². The lowest BCUT2D eigenvalue weighted by Gasteiger charge is -2.42. The number of rotatable bonds is 9. The zero-order valence-electron chi connectivity index (χ0n) is 31.5. The predicted octanol–water partition coefficient (Wildman–Crippen LogP) is 5.31. The molecule has 6 rings (SSSR count). The van der Waals surface area contributed by atoms with E-state index in [4.69, 9.17) is 16.3 Å². The van der Waals surface area contributed by atoms with Gasteiger partial charge >= 0.3 is 0 Å².